The lowest BCUT2D eigenvalue weighted by molar-refractivity contribution is -0.150. The van der Waals surface area contributed by atoms with E-state index in [1.807, 2.05) is 17.5 Å². The van der Waals surface area contributed by atoms with Crippen molar-refractivity contribution < 1.29 is 23.5 Å². The summed E-state index contributed by atoms with van der Waals surface area (Å²) in [4.78, 5) is 27.0. The Morgan fingerprint density at radius 3 is 2.76 bits per heavy atom. The van der Waals surface area contributed by atoms with Crippen molar-refractivity contribution in [3.63, 3.8) is 0 Å². The number of rotatable bonds is 5. The maximum atomic E-state index is 13.8. The van der Waals surface area contributed by atoms with Gasteiger partial charge in [0.25, 0.3) is 0 Å². The van der Waals surface area contributed by atoms with Gasteiger partial charge in [-0.25, -0.2) is 9.18 Å². The van der Waals surface area contributed by atoms with Crippen molar-refractivity contribution in [1.82, 2.24) is 4.90 Å². The molecule has 2 unspecified atom stereocenters. The Morgan fingerprint density at radius 1 is 1.28 bits per heavy atom. The smallest absolute Gasteiger partial charge is 0.328 e. The molecule has 0 N–H and O–H groups in total. The molecule has 1 aliphatic rings. The number of para-hydroxylation sites is 1. The predicted molar refractivity (Wildman–Crippen MR) is 91.0 cm³/mol. The monoisotopic (exact) mass is 363 g/mol. The number of esters is 1. The molecular weight excluding hydrogens is 345 g/mol. The summed E-state index contributed by atoms with van der Waals surface area (Å²) in [6, 6.07) is 9.11. The topological polar surface area (TPSA) is 55.8 Å². The van der Waals surface area contributed by atoms with Crippen LogP contribution in [0.4, 0.5) is 4.39 Å². The van der Waals surface area contributed by atoms with Gasteiger partial charge < -0.3 is 14.4 Å². The molecule has 1 saturated heterocycles. The average molecular weight is 363 g/mol. The van der Waals surface area contributed by atoms with Crippen LogP contribution in [0.2, 0.25) is 0 Å². The number of carbonyl (C=O) groups is 2. The molecule has 2 heterocycles. The zero-order valence-corrected chi connectivity index (χ0v) is 14.5. The predicted octanol–water partition coefficient (Wildman–Crippen LogP) is 2.65. The molecule has 7 heteroatoms. The van der Waals surface area contributed by atoms with Crippen molar-refractivity contribution in [3.8, 4) is 5.75 Å². The van der Waals surface area contributed by atoms with Crippen LogP contribution >= 0.6 is 11.3 Å². The van der Waals surface area contributed by atoms with Gasteiger partial charge in [-0.2, -0.15) is 0 Å². The number of hydrogen-bond acceptors (Lipinski definition) is 5. The lowest BCUT2D eigenvalue weighted by Gasteiger charge is -2.22. The number of amides is 1. The Morgan fingerprint density at radius 2 is 2.08 bits per heavy atom. The first-order valence-corrected chi connectivity index (χ1v) is 8.77. The minimum Gasteiger partial charge on any atom is -0.485 e. The molecule has 132 valence electrons. The van der Waals surface area contributed by atoms with Gasteiger partial charge >= 0.3 is 5.97 Å². The minimum absolute atomic E-state index is 0.115. The van der Waals surface area contributed by atoms with Crippen molar-refractivity contribution in [2.24, 2.45) is 0 Å². The van der Waals surface area contributed by atoms with Crippen LogP contribution in [0.3, 0.4) is 0 Å². The molecule has 0 saturated carbocycles. The van der Waals surface area contributed by atoms with E-state index in [4.69, 9.17) is 9.47 Å². The summed E-state index contributed by atoms with van der Waals surface area (Å²) in [5, 5.41) is 1.90. The third kappa shape index (κ3) is 3.99. The van der Waals surface area contributed by atoms with Crippen molar-refractivity contribution in [2.45, 2.75) is 25.0 Å². The van der Waals surface area contributed by atoms with E-state index >= 15 is 0 Å². The van der Waals surface area contributed by atoms with Gasteiger partial charge in [-0.3, -0.25) is 4.79 Å². The number of carbonyl (C=O) groups excluding carboxylic acids is 2. The standard InChI is InChI=1S/C18H18FNO4S/c1-23-18(22)15-9-12(24-16-7-3-2-6-14(16)19)11-20(15)17(21)10-13-5-4-8-25-13/h2-8,12,15H,9-11H2,1H3. The fourth-order valence-electron chi connectivity index (χ4n) is 2.90. The summed E-state index contributed by atoms with van der Waals surface area (Å²) >= 11 is 1.49. The Bertz CT molecular complexity index is 749. The van der Waals surface area contributed by atoms with Gasteiger partial charge in [-0.15, -0.1) is 11.3 Å². The molecule has 5 nitrogen and oxygen atoms in total. The third-order valence-corrected chi connectivity index (χ3v) is 4.97. The molecule has 1 aliphatic heterocycles. The minimum atomic E-state index is -0.714. The Kier molecular flexibility index (Phi) is 5.33. The Hall–Kier alpha value is -2.41. The summed E-state index contributed by atoms with van der Waals surface area (Å²) in [5.74, 6) is -1.01. The third-order valence-electron chi connectivity index (χ3n) is 4.09. The largest absolute Gasteiger partial charge is 0.485 e. The zero-order chi connectivity index (χ0) is 17.8. The van der Waals surface area contributed by atoms with Crippen molar-refractivity contribution in [1.29, 1.82) is 0 Å². The van der Waals surface area contributed by atoms with Gasteiger partial charge in [0.15, 0.2) is 11.6 Å². The van der Waals surface area contributed by atoms with E-state index in [2.05, 4.69) is 0 Å². The van der Waals surface area contributed by atoms with Crippen molar-refractivity contribution in [2.75, 3.05) is 13.7 Å². The lowest BCUT2D eigenvalue weighted by atomic mass is 10.2. The normalized spacial score (nSPS) is 19.7. The molecule has 3 rings (SSSR count). The number of likely N-dealkylation sites (tertiary alicyclic amines) is 1. The molecule has 0 aliphatic carbocycles. The second-order valence-corrected chi connectivity index (χ2v) is 6.78. The number of thiophene rings is 1. The molecule has 1 fully saturated rings. The Balaban J connectivity index is 1.73. The van der Waals surface area contributed by atoms with Crippen molar-refractivity contribution in [3.05, 3.63) is 52.5 Å². The van der Waals surface area contributed by atoms with Crippen LogP contribution in [0.25, 0.3) is 0 Å². The molecule has 2 atom stereocenters. The SMILES string of the molecule is COC(=O)C1CC(Oc2ccccc2F)CN1C(=O)Cc1cccs1. The van der Waals surface area contributed by atoms with Crippen LogP contribution in [-0.2, 0) is 20.7 Å². The van der Waals surface area contributed by atoms with E-state index in [-0.39, 0.29) is 31.0 Å². The van der Waals surface area contributed by atoms with E-state index in [1.54, 1.807) is 12.1 Å². The van der Waals surface area contributed by atoms with E-state index in [9.17, 15) is 14.0 Å². The second kappa shape index (κ2) is 7.65. The summed E-state index contributed by atoms with van der Waals surface area (Å²) in [6.07, 6.45) is 0.0303. The maximum absolute atomic E-state index is 13.8. The highest BCUT2D eigenvalue weighted by Gasteiger charge is 2.41. The molecule has 1 aromatic heterocycles. The molecule has 1 aromatic carbocycles. The molecule has 2 aromatic rings. The number of halogens is 1. The van der Waals surface area contributed by atoms with Crippen LogP contribution in [0, 0.1) is 5.82 Å². The fourth-order valence-corrected chi connectivity index (χ4v) is 3.60. The summed E-state index contributed by atoms with van der Waals surface area (Å²) in [5.41, 5.74) is 0. The van der Waals surface area contributed by atoms with E-state index < -0.39 is 23.9 Å². The number of hydrogen-bond donors (Lipinski definition) is 0. The molecule has 0 bridgehead atoms. The maximum Gasteiger partial charge on any atom is 0.328 e. The molecule has 0 spiro atoms. The molecule has 25 heavy (non-hydrogen) atoms. The zero-order valence-electron chi connectivity index (χ0n) is 13.7. The number of benzene rings is 1. The van der Waals surface area contributed by atoms with Crippen LogP contribution < -0.4 is 4.74 Å². The average Bonchev–Trinajstić information content (AvgIpc) is 3.26. The molecule has 1 amide bonds. The summed E-state index contributed by atoms with van der Waals surface area (Å²) in [6.45, 7) is 0.221. The quantitative estimate of drug-likeness (QED) is 0.767. The first-order chi connectivity index (χ1) is 12.1. The summed E-state index contributed by atoms with van der Waals surface area (Å²) < 4.78 is 24.3. The number of methoxy groups -OCH3 is 1. The molecular formula is C18H18FNO4S. The first-order valence-electron chi connectivity index (χ1n) is 7.89. The van der Waals surface area contributed by atoms with Gasteiger partial charge in [0.05, 0.1) is 20.1 Å². The van der Waals surface area contributed by atoms with Gasteiger partial charge in [0, 0.05) is 11.3 Å². The number of ether oxygens (including phenoxy) is 2. The van der Waals surface area contributed by atoms with E-state index in [0.29, 0.717) is 0 Å². The van der Waals surface area contributed by atoms with Gasteiger partial charge in [0.2, 0.25) is 5.91 Å². The van der Waals surface area contributed by atoms with Crippen LogP contribution in [0.1, 0.15) is 11.3 Å². The summed E-state index contributed by atoms with van der Waals surface area (Å²) in [7, 11) is 1.29. The van der Waals surface area contributed by atoms with Gasteiger partial charge in [-0.05, 0) is 23.6 Å². The van der Waals surface area contributed by atoms with Crippen LogP contribution in [-0.4, -0.2) is 42.6 Å². The van der Waals surface area contributed by atoms with E-state index in [0.717, 1.165) is 4.88 Å². The highest BCUT2D eigenvalue weighted by atomic mass is 32.1. The number of nitrogens with zero attached hydrogens (tertiary/aromatic N) is 1. The van der Waals surface area contributed by atoms with Crippen molar-refractivity contribution >= 4 is 23.2 Å². The Labute approximate surface area is 149 Å². The highest BCUT2D eigenvalue weighted by Crippen LogP contribution is 2.26. The van der Waals surface area contributed by atoms with Crippen LogP contribution in [0.15, 0.2) is 41.8 Å². The highest BCUT2D eigenvalue weighted by molar-refractivity contribution is 7.10. The molecule has 0 radical (unpaired) electrons. The van der Waals surface area contributed by atoms with Gasteiger partial charge in [0.1, 0.15) is 12.1 Å². The second-order valence-electron chi connectivity index (χ2n) is 5.75. The first kappa shape index (κ1) is 17.4. The lowest BCUT2D eigenvalue weighted by Crippen LogP contribution is -2.42. The van der Waals surface area contributed by atoms with Gasteiger partial charge in [-0.1, -0.05) is 18.2 Å². The fraction of sp³-hybridized carbons (Fsp3) is 0.333. The van der Waals surface area contributed by atoms with Crippen LogP contribution in [0.5, 0.6) is 5.75 Å². The van der Waals surface area contributed by atoms with E-state index in [1.165, 1.54) is 35.5 Å².